The molecule has 11 heteroatoms. The Hall–Kier alpha value is -0.440. The van der Waals surface area contributed by atoms with Gasteiger partial charge in [0.1, 0.15) is 0 Å². The predicted octanol–water partition coefficient (Wildman–Crippen LogP) is 12.2. The topological polar surface area (TPSA) is 223 Å². The maximum absolute atomic E-state index is 8.63. The molecule has 0 aliphatic carbocycles. The van der Waals surface area contributed by atoms with Gasteiger partial charge in [-0.3, -0.25) is 0 Å². The third-order valence-electron chi connectivity index (χ3n) is 10.5. The summed E-state index contributed by atoms with van der Waals surface area (Å²) in [6.07, 6.45) is 10.7. The molecular formula is C60H136O11. The lowest BCUT2D eigenvalue weighted by molar-refractivity contribution is 0.0855. The molecule has 11 N–H and O–H groups in total. The predicted molar refractivity (Wildman–Crippen MR) is 309 cm³/mol. The van der Waals surface area contributed by atoms with Gasteiger partial charge in [-0.25, -0.2) is 0 Å². The Bertz CT molecular complexity index is 863. The van der Waals surface area contributed by atoms with Crippen LogP contribution in [0.4, 0.5) is 0 Å². The molecule has 0 rings (SSSR count). The van der Waals surface area contributed by atoms with Crippen LogP contribution in [0.3, 0.4) is 0 Å². The smallest absolute Gasteiger partial charge is 0.0504 e. The van der Waals surface area contributed by atoms with Crippen LogP contribution in [0.2, 0.25) is 0 Å². The average Bonchev–Trinajstić information content (AvgIpc) is 3.16. The number of aliphatic hydroxyl groups excluding tert-OH is 11. The van der Waals surface area contributed by atoms with E-state index in [1.54, 1.807) is 41.5 Å². The van der Waals surface area contributed by atoms with Crippen molar-refractivity contribution in [3.8, 4) is 0 Å². The molecule has 0 saturated carbocycles. The van der Waals surface area contributed by atoms with E-state index >= 15 is 0 Å². The van der Waals surface area contributed by atoms with E-state index in [1.807, 2.05) is 0 Å². The van der Waals surface area contributed by atoms with E-state index in [4.69, 9.17) is 56.2 Å². The molecular weight excluding hydrogens is 897 g/mol. The highest BCUT2D eigenvalue weighted by atomic mass is 16.3. The summed E-state index contributed by atoms with van der Waals surface area (Å²) in [4.78, 5) is 0. The zero-order valence-electron chi connectivity index (χ0n) is 52.7. The second kappa shape index (κ2) is 46.8. The molecule has 5 unspecified atom stereocenters. The summed E-state index contributed by atoms with van der Waals surface area (Å²) in [6.45, 7) is 57.2. The van der Waals surface area contributed by atoms with Crippen LogP contribution >= 0.6 is 0 Å². The molecule has 442 valence electrons. The van der Waals surface area contributed by atoms with Gasteiger partial charge in [0.25, 0.3) is 0 Å². The number of aliphatic hydroxyl groups is 11. The second-order valence-electron chi connectivity index (χ2n) is 29.4. The third-order valence-corrected chi connectivity index (χ3v) is 10.5. The molecule has 0 aromatic heterocycles. The first-order chi connectivity index (χ1) is 31.6. The Morgan fingerprint density at radius 1 is 0.211 bits per heavy atom. The van der Waals surface area contributed by atoms with Crippen molar-refractivity contribution >= 4 is 0 Å². The van der Waals surface area contributed by atoms with Crippen molar-refractivity contribution in [1.82, 2.24) is 0 Å². The molecule has 0 radical (unpaired) electrons. The van der Waals surface area contributed by atoms with Gasteiger partial charge in [-0.2, -0.15) is 0 Å². The van der Waals surface area contributed by atoms with E-state index in [9.17, 15) is 0 Å². The second-order valence-corrected chi connectivity index (χ2v) is 29.4. The number of hydrogen-bond acceptors (Lipinski definition) is 11. The minimum absolute atomic E-state index is 0.0451. The summed E-state index contributed by atoms with van der Waals surface area (Å²) >= 11 is 0. The third kappa shape index (κ3) is 95.8. The van der Waals surface area contributed by atoms with Crippen molar-refractivity contribution in [3.05, 3.63) is 0 Å². The van der Waals surface area contributed by atoms with Crippen LogP contribution in [0.1, 0.15) is 244 Å². The fraction of sp³-hybridized carbons (Fsp3) is 1.00. The maximum Gasteiger partial charge on any atom is 0.0504 e. The number of rotatable bonds is 21. The summed E-state index contributed by atoms with van der Waals surface area (Å²) in [6, 6.07) is 0. The average molecular weight is 1030 g/mol. The molecule has 0 aromatic rings. The van der Waals surface area contributed by atoms with Gasteiger partial charge in [0, 0.05) is 49.3 Å². The molecule has 0 aliphatic heterocycles. The molecule has 0 amide bonds. The van der Waals surface area contributed by atoms with E-state index in [1.165, 1.54) is 32.1 Å². The molecule has 0 fully saturated rings. The molecule has 0 heterocycles. The Kier molecular flexibility index (Phi) is 57.5. The SMILES string of the molecule is CC(C)(CO)CO.CC(C)(CO)CO.CC(C)(CO)CO.CC(CCO)CC(C)(C)C.CC(CCO)CC(C)(C)C.CC(CCO)CC(C)(C)C.CC(CCO)CC(C)(C)C.CC(CCO)CC(C)(C)C. The highest BCUT2D eigenvalue weighted by molar-refractivity contribution is 4.69. The van der Waals surface area contributed by atoms with Crippen LogP contribution in [0, 0.1) is 72.9 Å². The van der Waals surface area contributed by atoms with Gasteiger partial charge in [0.05, 0.1) is 39.6 Å². The van der Waals surface area contributed by atoms with Crippen LogP contribution in [0.5, 0.6) is 0 Å². The maximum atomic E-state index is 8.63. The zero-order valence-corrected chi connectivity index (χ0v) is 52.7. The summed E-state index contributed by atoms with van der Waals surface area (Å²) < 4.78 is 0. The summed E-state index contributed by atoms with van der Waals surface area (Å²) in [5.41, 5.74) is 1.14. The molecule has 0 saturated heterocycles. The van der Waals surface area contributed by atoms with E-state index in [-0.39, 0.29) is 55.9 Å². The molecule has 0 aromatic carbocycles. The van der Waals surface area contributed by atoms with Crippen LogP contribution in [0.25, 0.3) is 0 Å². The standard InChI is InChI=1S/5C9H20O.3C5H12O2/c5*1-8(5-6-10)7-9(2,3)4;3*1-5(2,3-6)4-7/h5*8,10H,5-7H2,1-4H3;3*6-7H,3-4H2,1-2H3. The Labute approximate surface area is 444 Å². The van der Waals surface area contributed by atoms with Gasteiger partial charge >= 0.3 is 0 Å². The van der Waals surface area contributed by atoms with E-state index in [2.05, 4.69) is 138 Å². The molecule has 0 aliphatic rings. The lowest BCUT2D eigenvalue weighted by atomic mass is 9.84. The molecule has 0 spiro atoms. The van der Waals surface area contributed by atoms with Crippen LogP contribution in [-0.4, -0.2) is 129 Å². The summed E-state index contributed by atoms with van der Waals surface area (Å²) in [5.74, 6) is 3.29. The van der Waals surface area contributed by atoms with Gasteiger partial charge in [0.15, 0.2) is 0 Å². The quantitative estimate of drug-likeness (QED) is 0.0519. The van der Waals surface area contributed by atoms with Gasteiger partial charge in [-0.05, 0) is 121 Å². The van der Waals surface area contributed by atoms with Crippen molar-refractivity contribution in [2.24, 2.45) is 72.9 Å². The van der Waals surface area contributed by atoms with Gasteiger partial charge in [-0.1, -0.05) is 180 Å². The van der Waals surface area contributed by atoms with Crippen molar-refractivity contribution in [2.45, 2.75) is 244 Å². The fourth-order valence-electron chi connectivity index (χ4n) is 6.99. The van der Waals surface area contributed by atoms with E-state index < -0.39 is 0 Å². The molecule has 0 bridgehead atoms. The normalized spacial score (nSPS) is 14.3. The molecule has 11 nitrogen and oxygen atoms in total. The van der Waals surface area contributed by atoms with Gasteiger partial charge in [0.2, 0.25) is 0 Å². The minimum atomic E-state index is -0.306. The highest BCUT2D eigenvalue weighted by Crippen LogP contribution is 2.28. The Morgan fingerprint density at radius 2 is 0.310 bits per heavy atom. The summed E-state index contributed by atoms with van der Waals surface area (Å²) in [5, 5.41) is 93.8. The Balaban J connectivity index is -0.000000107. The first kappa shape index (κ1) is 87.2. The van der Waals surface area contributed by atoms with Crippen LogP contribution in [-0.2, 0) is 0 Å². The first-order valence-corrected chi connectivity index (χ1v) is 27.3. The van der Waals surface area contributed by atoms with Gasteiger partial charge in [-0.15, -0.1) is 0 Å². The van der Waals surface area contributed by atoms with E-state index in [0.29, 0.717) is 89.7 Å². The highest BCUT2D eigenvalue weighted by Gasteiger charge is 2.18. The fourth-order valence-corrected chi connectivity index (χ4v) is 6.99. The zero-order chi connectivity index (χ0) is 58.7. The van der Waals surface area contributed by atoms with Crippen molar-refractivity contribution in [3.63, 3.8) is 0 Å². The van der Waals surface area contributed by atoms with Crippen molar-refractivity contribution in [2.75, 3.05) is 72.7 Å². The first-order valence-electron chi connectivity index (χ1n) is 27.3. The largest absolute Gasteiger partial charge is 0.396 e. The summed E-state index contributed by atoms with van der Waals surface area (Å²) in [7, 11) is 0. The Morgan fingerprint density at radius 3 is 0.352 bits per heavy atom. The van der Waals surface area contributed by atoms with E-state index in [0.717, 1.165) is 32.1 Å². The number of hydrogen-bond donors (Lipinski definition) is 11. The van der Waals surface area contributed by atoms with Crippen LogP contribution in [0.15, 0.2) is 0 Å². The monoisotopic (exact) mass is 1030 g/mol. The van der Waals surface area contributed by atoms with Crippen LogP contribution < -0.4 is 0 Å². The minimum Gasteiger partial charge on any atom is -0.396 e. The van der Waals surface area contributed by atoms with Gasteiger partial charge < -0.3 is 56.2 Å². The lowest BCUT2D eigenvalue weighted by Crippen LogP contribution is -2.20. The molecule has 5 atom stereocenters. The van der Waals surface area contributed by atoms with Crippen molar-refractivity contribution < 1.29 is 56.2 Å². The lowest BCUT2D eigenvalue weighted by Gasteiger charge is -2.22. The van der Waals surface area contributed by atoms with Crippen molar-refractivity contribution in [1.29, 1.82) is 0 Å². The molecule has 71 heavy (non-hydrogen) atoms.